The van der Waals surface area contributed by atoms with Crippen molar-refractivity contribution in [1.82, 2.24) is 5.06 Å². The first kappa shape index (κ1) is 20.0. The fraction of sp³-hybridized carbons (Fsp3) is 0.667. The normalized spacial score (nSPS) is 9.46. The number of nitrogens with zero attached hydrogens (tertiary/aromatic N) is 1. The van der Waals surface area contributed by atoms with Crippen LogP contribution in [-0.4, -0.2) is 29.8 Å². The van der Waals surface area contributed by atoms with Gasteiger partial charge in [0.25, 0.3) is 0 Å². The summed E-state index contributed by atoms with van der Waals surface area (Å²) in [6, 6.07) is 0. The summed E-state index contributed by atoms with van der Waals surface area (Å²) < 4.78 is 14.0. The number of hydroxylamine groups is 2. The summed E-state index contributed by atoms with van der Waals surface area (Å²) >= 11 is 0. The van der Waals surface area contributed by atoms with E-state index in [9.17, 15) is 19.1 Å². The molecule has 0 radical (unpaired) electrons. The molecule has 0 fully saturated rings. The van der Waals surface area contributed by atoms with Crippen molar-refractivity contribution in [3.05, 3.63) is 0 Å². The van der Waals surface area contributed by atoms with Crippen LogP contribution < -0.4 is 68.9 Å². The van der Waals surface area contributed by atoms with Crippen LogP contribution in [0.2, 0.25) is 0 Å². The fourth-order valence-corrected chi connectivity index (χ4v) is 0.582. The van der Waals surface area contributed by atoms with Crippen molar-refractivity contribution in [3.8, 4) is 0 Å². The molecule has 1 amide bonds. The van der Waals surface area contributed by atoms with E-state index in [0.717, 1.165) is 0 Å². The molecule has 0 atom stereocenters. The minimum atomic E-state index is -4.71. The minimum Gasteiger partial charge on any atom is -0.809 e. The second kappa shape index (κ2) is 10.1. The van der Waals surface area contributed by atoms with E-state index >= 15 is 0 Å². The van der Waals surface area contributed by atoms with Gasteiger partial charge in [-0.25, -0.2) is 5.06 Å². The molecule has 0 aliphatic carbocycles. The molecule has 1 N–H and O–H groups in total. The predicted octanol–water partition coefficient (Wildman–Crippen LogP) is -8.31. The molecule has 0 spiro atoms. The van der Waals surface area contributed by atoms with Crippen molar-refractivity contribution in [2.45, 2.75) is 0 Å². The fourth-order valence-electron chi connectivity index (χ4n) is 0.277. The van der Waals surface area contributed by atoms with E-state index in [1.807, 2.05) is 0 Å². The van der Waals surface area contributed by atoms with Crippen LogP contribution in [0.25, 0.3) is 0 Å². The third-order valence-electron chi connectivity index (χ3n) is 0.595. The average molecular weight is 229 g/mol. The Bertz CT molecular complexity index is 173. The molecule has 0 aromatic rings. The minimum absolute atomic E-state index is 0. The Hall–Kier alpha value is 1.54. The number of carbonyl (C=O) groups excluding carboxylic acids is 1. The average Bonchev–Trinajstić information content (AvgIpc) is 1.85. The van der Waals surface area contributed by atoms with Gasteiger partial charge in [-0.15, -0.1) is 0 Å². The Balaban J connectivity index is -0.000000500. The van der Waals surface area contributed by atoms with Crippen molar-refractivity contribution in [1.29, 1.82) is 0 Å². The molecule has 0 unspecified atom stereocenters. The van der Waals surface area contributed by atoms with E-state index < -0.39 is 20.7 Å². The van der Waals surface area contributed by atoms with E-state index in [1.165, 1.54) is 0 Å². The first-order valence-corrected chi connectivity index (χ1v) is 4.18. The van der Waals surface area contributed by atoms with Crippen LogP contribution in [0.3, 0.4) is 0 Å². The Kier molecular flexibility index (Phi) is 15.5. The Morgan fingerprint density at radius 1 is 1.46 bits per heavy atom. The van der Waals surface area contributed by atoms with Crippen molar-refractivity contribution in [2.75, 3.05) is 13.1 Å². The van der Waals surface area contributed by atoms with Gasteiger partial charge in [0.1, 0.15) is 6.73 Å². The molecule has 10 heteroatoms. The molecule has 0 saturated carbocycles. The topological polar surface area (TPSA) is 113 Å². The summed E-state index contributed by atoms with van der Waals surface area (Å²) in [5.74, 6) is 0. The van der Waals surface area contributed by atoms with Gasteiger partial charge in [-0.2, -0.15) is 0 Å². The summed E-state index contributed by atoms with van der Waals surface area (Å²) in [5, 5.41) is 8.37. The standard InChI is InChI=1S/C3H8NO6P.2Na/c5-1-4(6)2-10-3-11(7,8)9;;/h1,6H,2-3H2,(H2,7,8,9);;/q;2*+1/p-2. The van der Waals surface area contributed by atoms with Crippen LogP contribution in [0.4, 0.5) is 0 Å². The number of rotatable bonds is 5. The van der Waals surface area contributed by atoms with E-state index in [1.54, 1.807) is 0 Å². The molecule has 13 heavy (non-hydrogen) atoms. The molecular weight excluding hydrogens is 223 g/mol. The zero-order valence-corrected chi connectivity index (χ0v) is 12.3. The number of carbonyl (C=O) groups is 1. The molecular formula is C3H6NNa2O6P. The first-order chi connectivity index (χ1) is 4.95. The molecule has 0 aliphatic rings. The van der Waals surface area contributed by atoms with E-state index in [2.05, 4.69) is 4.74 Å². The van der Waals surface area contributed by atoms with Crippen LogP contribution in [0.1, 0.15) is 0 Å². The van der Waals surface area contributed by atoms with Gasteiger partial charge in [-0.05, 0) is 7.60 Å². The van der Waals surface area contributed by atoms with Gasteiger partial charge in [0, 0.05) is 0 Å². The molecule has 0 saturated heterocycles. The van der Waals surface area contributed by atoms with Gasteiger partial charge in [0.15, 0.2) is 0 Å². The van der Waals surface area contributed by atoms with E-state index in [4.69, 9.17) is 5.21 Å². The third-order valence-corrected chi connectivity index (χ3v) is 1.09. The second-order valence-corrected chi connectivity index (χ2v) is 3.10. The molecule has 0 aliphatic heterocycles. The van der Waals surface area contributed by atoms with Crippen LogP contribution in [-0.2, 0) is 14.1 Å². The zero-order chi connectivity index (χ0) is 8.91. The quantitative estimate of drug-likeness (QED) is 0.125. The Morgan fingerprint density at radius 2 is 1.92 bits per heavy atom. The van der Waals surface area contributed by atoms with E-state index in [0.29, 0.717) is 0 Å². The van der Waals surface area contributed by atoms with Crippen LogP contribution >= 0.6 is 7.60 Å². The molecule has 0 aromatic heterocycles. The van der Waals surface area contributed by atoms with Crippen molar-refractivity contribution in [2.24, 2.45) is 0 Å². The van der Waals surface area contributed by atoms with Gasteiger partial charge in [0.05, 0.1) is 6.35 Å². The Morgan fingerprint density at radius 3 is 2.23 bits per heavy atom. The number of amides is 1. The number of ether oxygens (including phenoxy) is 1. The molecule has 7 nitrogen and oxygen atoms in total. The number of hydrogen-bond donors (Lipinski definition) is 1. The summed E-state index contributed by atoms with van der Waals surface area (Å²) in [5.41, 5.74) is 0. The maximum atomic E-state index is 9.86. The maximum Gasteiger partial charge on any atom is 1.00 e. The second-order valence-electron chi connectivity index (χ2n) is 1.62. The van der Waals surface area contributed by atoms with Crippen LogP contribution in [0.15, 0.2) is 0 Å². The smallest absolute Gasteiger partial charge is 0.809 e. The summed E-state index contributed by atoms with van der Waals surface area (Å²) in [4.78, 5) is 29.4. The first-order valence-electron chi connectivity index (χ1n) is 2.45. The van der Waals surface area contributed by atoms with E-state index in [-0.39, 0.29) is 70.6 Å². The summed E-state index contributed by atoms with van der Waals surface area (Å²) in [6.45, 7) is -0.641. The van der Waals surface area contributed by atoms with Gasteiger partial charge in [-0.1, -0.05) is 0 Å². The zero-order valence-electron chi connectivity index (χ0n) is 7.37. The monoisotopic (exact) mass is 229 g/mol. The largest absolute Gasteiger partial charge is 1.00 e. The summed E-state index contributed by atoms with van der Waals surface area (Å²) in [7, 11) is -4.71. The molecule has 0 heterocycles. The molecule has 66 valence electrons. The third kappa shape index (κ3) is 16.2. The van der Waals surface area contributed by atoms with Gasteiger partial charge in [0.2, 0.25) is 6.41 Å². The van der Waals surface area contributed by atoms with Crippen molar-refractivity contribution in [3.63, 3.8) is 0 Å². The molecule has 0 rings (SSSR count). The van der Waals surface area contributed by atoms with Crippen molar-refractivity contribution >= 4 is 14.0 Å². The van der Waals surface area contributed by atoms with Crippen LogP contribution in [0.5, 0.6) is 0 Å². The molecule has 0 bridgehead atoms. The maximum absolute atomic E-state index is 9.86. The molecule has 0 aromatic carbocycles. The van der Waals surface area contributed by atoms with Gasteiger partial charge in [-0.3, -0.25) is 10.0 Å². The number of hydrogen-bond acceptors (Lipinski definition) is 6. The van der Waals surface area contributed by atoms with Gasteiger partial charge >= 0.3 is 59.1 Å². The Labute approximate surface area is 119 Å². The summed E-state index contributed by atoms with van der Waals surface area (Å²) in [6.07, 6.45) is -1.03. The van der Waals surface area contributed by atoms with Crippen molar-refractivity contribution < 1.29 is 88.2 Å². The van der Waals surface area contributed by atoms with Gasteiger partial charge < -0.3 is 19.1 Å². The predicted molar refractivity (Wildman–Crippen MR) is 28.1 cm³/mol. The SMILES string of the molecule is O=CN(O)COCP(=O)([O-])[O-].[Na+].[Na+]. The van der Waals surface area contributed by atoms with Crippen LogP contribution in [0, 0.1) is 0 Å².